The summed E-state index contributed by atoms with van der Waals surface area (Å²) in [5.74, 6) is -2.66. The van der Waals surface area contributed by atoms with Crippen molar-refractivity contribution in [3.63, 3.8) is 0 Å². The third kappa shape index (κ3) is 9.14. The number of hydrogen-bond donors (Lipinski definition) is 3. The van der Waals surface area contributed by atoms with Crippen molar-refractivity contribution in [2.45, 2.75) is 127 Å². The third-order valence-corrected chi connectivity index (χ3v) is 13.7. The molecule has 1 aromatic heterocycles. The summed E-state index contributed by atoms with van der Waals surface area (Å²) in [6.45, 7) is 10.9. The van der Waals surface area contributed by atoms with E-state index < -0.39 is 73.8 Å². The fourth-order valence-electron chi connectivity index (χ4n) is 7.81. The third-order valence-electron chi connectivity index (χ3n) is 11.5. The van der Waals surface area contributed by atoms with E-state index in [4.69, 9.17) is 14.2 Å². The average Bonchev–Trinajstić information content (AvgIpc) is 4.02. The van der Waals surface area contributed by atoms with Gasteiger partial charge in [0, 0.05) is 19.4 Å². The lowest BCUT2D eigenvalue weighted by atomic mass is 9.88. The molecule has 2 aliphatic carbocycles. The Kier molecular flexibility index (Phi) is 11.8. The molecule has 0 spiro atoms. The summed E-state index contributed by atoms with van der Waals surface area (Å²) in [6.07, 6.45) is 5.12. The monoisotopic (exact) mass is 812 g/mol. The van der Waals surface area contributed by atoms with Gasteiger partial charge in [-0.3, -0.25) is 23.9 Å². The second-order valence-corrected chi connectivity index (χ2v) is 19.7. The molecular weight excluding hydrogens is 757 g/mol. The summed E-state index contributed by atoms with van der Waals surface area (Å²) in [7, 11) is -2.51. The predicted octanol–water partition coefficient (Wildman–Crippen LogP) is 3.17. The van der Waals surface area contributed by atoms with Gasteiger partial charge in [0.05, 0.1) is 35.2 Å². The second-order valence-electron chi connectivity index (χ2n) is 17.5. The Labute approximate surface area is 333 Å². The van der Waals surface area contributed by atoms with E-state index in [9.17, 15) is 32.4 Å². The van der Waals surface area contributed by atoms with Crippen molar-refractivity contribution in [2.24, 2.45) is 17.8 Å². The van der Waals surface area contributed by atoms with Gasteiger partial charge >= 0.3 is 6.09 Å². The summed E-state index contributed by atoms with van der Waals surface area (Å²) in [4.78, 5) is 71.2. The normalized spacial score (nSPS) is 29.5. The molecule has 3 heterocycles. The zero-order chi connectivity index (χ0) is 41.5. The van der Waals surface area contributed by atoms with Gasteiger partial charge in [0.25, 0.3) is 11.5 Å². The standard InChI is InChI=1S/C40H56N6O10S/c1-24-12-8-9-13-26-22-40(26,36(50)44-57(52,53)39(6)16-17-39)42-32(47)30-21-27(23-45(30)35(49)31(25(2)20-24)41-37(51)56-38(3,4)5)55-33-28-14-10-11-15-29(28)34(48)46(43-33)18-19-54-7/h9-11,13-15,24-27,30-31H,8,12,16-23H2,1-7H3,(H,41,51)(H,42,47)(H,44,50)/b13-9-/t24-,25-,26-,27-,30+,31+,40-/m1/s1. The number of alkyl carbamates (subject to hydrolysis) is 1. The van der Waals surface area contributed by atoms with Crippen molar-refractivity contribution in [2.75, 3.05) is 20.3 Å². The molecule has 1 saturated heterocycles. The SMILES string of the molecule is COCCn1nc(O[C@@H]2C[C@H]3C(=O)N[C@]4(C(=O)NS(=O)(=O)C5(C)CC5)C[C@H]4/C=C\CC[C@@H](C)C[C@@H](C)[C@H](NC(=O)OC(C)(C)C)C(=O)N3C2)c2ccccc2c1=O. The van der Waals surface area contributed by atoms with E-state index in [0.717, 1.165) is 6.42 Å². The maximum Gasteiger partial charge on any atom is 0.408 e. The van der Waals surface area contributed by atoms with Crippen LogP contribution in [-0.4, -0.2) is 101 Å². The summed E-state index contributed by atoms with van der Waals surface area (Å²) in [5.41, 5.74) is -2.75. The van der Waals surface area contributed by atoms with E-state index in [2.05, 4.69) is 27.4 Å². The highest BCUT2D eigenvalue weighted by Crippen LogP contribution is 2.47. The summed E-state index contributed by atoms with van der Waals surface area (Å²) in [5, 5.41) is 11.0. The highest BCUT2D eigenvalue weighted by Gasteiger charge is 2.63. The van der Waals surface area contributed by atoms with E-state index in [0.29, 0.717) is 36.5 Å². The van der Waals surface area contributed by atoms with Crippen LogP contribution in [0.4, 0.5) is 4.79 Å². The molecule has 2 aromatic rings. The molecule has 0 radical (unpaired) electrons. The van der Waals surface area contributed by atoms with Crippen LogP contribution in [0.3, 0.4) is 0 Å². The molecule has 3 fully saturated rings. The maximum atomic E-state index is 14.8. The van der Waals surface area contributed by atoms with Gasteiger partial charge in [0.15, 0.2) is 0 Å². The van der Waals surface area contributed by atoms with Gasteiger partial charge in [-0.05, 0) is 90.2 Å². The molecule has 16 nitrogen and oxygen atoms in total. The van der Waals surface area contributed by atoms with Crippen LogP contribution < -0.4 is 25.7 Å². The molecule has 17 heteroatoms. The molecule has 3 N–H and O–H groups in total. The molecule has 1 aromatic carbocycles. The lowest BCUT2D eigenvalue weighted by molar-refractivity contribution is -0.142. The summed E-state index contributed by atoms with van der Waals surface area (Å²) in [6, 6.07) is 4.55. The first kappa shape index (κ1) is 42.1. The number of hydrogen-bond acceptors (Lipinski definition) is 11. The van der Waals surface area contributed by atoms with Gasteiger partial charge < -0.3 is 29.7 Å². The fraction of sp³-hybridized carbons (Fsp3) is 0.650. The Bertz CT molecular complexity index is 2090. The zero-order valence-corrected chi connectivity index (χ0v) is 34.6. The van der Waals surface area contributed by atoms with E-state index >= 15 is 0 Å². The first-order chi connectivity index (χ1) is 26.8. The molecular formula is C40H56N6O10S. The molecule has 312 valence electrons. The highest BCUT2D eigenvalue weighted by atomic mass is 32.2. The van der Waals surface area contributed by atoms with Crippen LogP contribution in [0.5, 0.6) is 5.88 Å². The molecule has 2 saturated carbocycles. The van der Waals surface area contributed by atoms with E-state index in [1.165, 1.54) is 16.7 Å². The first-order valence-corrected chi connectivity index (χ1v) is 21.3. The number of nitrogens with zero attached hydrogens (tertiary/aromatic N) is 3. The minimum atomic E-state index is -4.03. The average molecular weight is 813 g/mol. The lowest BCUT2D eigenvalue weighted by Gasteiger charge is -2.33. The topological polar surface area (TPSA) is 204 Å². The van der Waals surface area contributed by atoms with Crippen molar-refractivity contribution >= 4 is 44.6 Å². The largest absolute Gasteiger partial charge is 0.471 e. The lowest BCUT2D eigenvalue weighted by Crippen LogP contribution is -2.59. The number of carbonyl (C=O) groups excluding carboxylic acids is 4. The van der Waals surface area contributed by atoms with Crippen LogP contribution in [0.25, 0.3) is 10.8 Å². The van der Waals surface area contributed by atoms with Crippen LogP contribution in [0, 0.1) is 17.8 Å². The number of amides is 4. The number of nitrogens with one attached hydrogen (secondary N) is 3. The Morgan fingerprint density at radius 1 is 1.07 bits per heavy atom. The van der Waals surface area contributed by atoms with Gasteiger partial charge in [-0.15, -0.1) is 5.10 Å². The van der Waals surface area contributed by atoms with Crippen LogP contribution in [-0.2, 0) is 40.4 Å². The second kappa shape index (κ2) is 16.0. The molecule has 0 bridgehead atoms. The number of aromatic nitrogens is 2. The number of benzene rings is 1. The smallest absolute Gasteiger partial charge is 0.408 e. The molecule has 4 amide bonds. The molecule has 57 heavy (non-hydrogen) atoms. The maximum absolute atomic E-state index is 14.8. The summed E-state index contributed by atoms with van der Waals surface area (Å²) >= 11 is 0. The van der Waals surface area contributed by atoms with Crippen molar-refractivity contribution in [1.29, 1.82) is 0 Å². The molecule has 4 aliphatic rings. The summed E-state index contributed by atoms with van der Waals surface area (Å²) < 4.78 is 46.1. The number of allylic oxidation sites excluding steroid dienone is 1. The van der Waals surface area contributed by atoms with Crippen LogP contribution in [0.2, 0.25) is 0 Å². The Balaban J connectivity index is 1.37. The van der Waals surface area contributed by atoms with Gasteiger partial charge in [-0.2, -0.15) is 0 Å². The number of methoxy groups -OCH3 is 1. The zero-order valence-electron chi connectivity index (χ0n) is 33.8. The number of rotatable bonds is 9. The van der Waals surface area contributed by atoms with Gasteiger partial charge in [0.1, 0.15) is 29.3 Å². The minimum Gasteiger partial charge on any atom is -0.471 e. The van der Waals surface area contributed by atoms with Crippen LogP contribution in [0.15, 0.2) is 41.2 Å². The predicted molar refractivity (Wildman–Crippen MR) is 211 cm³/mol. The van der Waals surface area contributed by atoms with Crippen LogP contribution >= 0.6 is 0 Å². The van der Waals surface area contributed by atoms with E-state index in [-0.39, 0.29) is 55.8 Å². The Hall–Kier alpha value is -4.51. The molecule has 7 atom stereocenters. The van der Waals surface area contributed by atoms with E-state index in [1.807, 2.05) is 19.1 Å². The van der Waals surface area contributed by atoms with Crippen LogP contribution in [0.1, 0.15) is 86.5 Å². The number of ether oxygens (including phenoxy) is 3. The quantitative estimate of drug-likeness (QED) is 0.314. The van der Waals surface area contributed by atoms with Gasteiger partial charge in [-0.25, -0.2) is 17.9 Å². The molecule has 0 unspecified atom stereocenters. The highest BCUT2D eigenvalue weighted by molar-refractivity contribution is 7.91. The van der Waals surface area contributed by atoms with Gasteiger partial charge in [-0.1, -0.05) is 38.1 Å². The first-order valence-electron chi connectivity index (χ1n) is 19.8. The Morgan fingerprint density at radius 2 is 1.77 bits per heavy atom. The van der Waals surface area contributed by atoms with Crippen molar-refractivity contribution < 1.29 is 41.8 Å². The van der Waals surface area contributed by atoms with Gasteiger partial charge in [0.2, 0.25) is 27.7 Å². The fourth-order valence-corrected chi connectivity index (χ4v) is 9.12. The minimum absolute atomic E-state index is 0.0384. The van der Waals surface area contributed by atoms with Crippen molar-refractivity contribution in [3.05, 3.63) is 46.8 Å². The number of sulfonamides is 1. The molecule has 6 rings (SSSR count). The van der Waals surface area contributed by atoms with Crippen molar-refractivity contribution in [1.82, 2.24) is 30.0 Å². The number of carbonyl (C=O) groups is 4. The number of fused-ring (bicyclic) bond motifs is 3. The Morgan fingerprint density at radius 3 is 2.44 bits per heavy atom. The van der Waals surface area contributed by atoms with E-state index in [1.54, 1.807) is 52.0 Å². The van der Waals surface area contributed by atoms with Crippen molar-refractivity contribution in [3.8, 4) is 5.88 Å². The molecule has 2 aliphatic heterocycles.